The Balaban J connectivity index is 3.30. The zero-order chi connectivity index (χ0) is 12.3. The minimum atomic E-state index is -3.68. The van der Waals surface area contributed by atoms with Gasteiger partial charge in [0.25, 0.3) is 9.05 Å². The van der Waals surface area contributed by atoms with Crippen LogP contribution in [0.2, 0.25) is 0 Å². The third-order valence-electron chi connectivity index (χ3n) is 2.14. The molecule has 0 N–H and O–H groups in total. The van der Waals surface area contributed by atoms with E-state index in [-0.39, 0.29) is 4.90 Å². The van der Waals surface area contributed by atoms with Crippen LogP contribution in [-0.2, 0) is 9.05 Å². The first-order valence-corrected chi connectivity index (χ1v) is 7.01. The van der Waals surface area contributed by atoms with Crippen LogP contribution in [0.4, 0.5) is 0 Å². The molecule has 0 fully saturated rings. The van der Waals surface area contributed by atoms with Gasteiger partial charge in [-0.15, -0.1) is 0 Å². The Kier molecular flexibility index (Phi) is 3.94. The maximum Gasteiger partial charge on any atom is 0.261 e. The zero-order valence-corrected chi connectivity index (χ0v) is 10.8. The molecule has 86 valence electrons. The number of hydrogen-bond donors (Lipinski definition) is 0. The second-order valence-corrected chi connectivity index (χ2v) is 6.12. The van der Waals surface area contributed by atoms with Crippen molar-refractivity contribution in [2.75, 3.05) is 0 Å². The number of benzene rings is 1. The smallest absolute Gasteiger partial charge is 0.207 e. The number of allylic oxidation sites excluding steroid dienone is 2. The fourth-order valence-corrected chi connectivity index (χ4v) is 2.53. The van der Waals surface area contributed by atoms with Crippen LogP contribution in [0.3, 0.4) is 0 Å². The van der Waals surface area contributed by atoms with Crippen molar-refractivity contribution in [1.82, 2.24) is 0 Å². The van der Waals surface area contributed by atoms with Gasteiger partial charge in [-0.25, -0.2) is 8.42 Å². The maximum atomic E-state index is 11.3. The molecule has 1 aromatic carbocycles. The van der Waals surface area contributed by atoms with Crippen molar-refractivity contribution in [2.45, 2.75) is 18.7 Å². The molecule has 0 atom stereocenters. The van der Waals surface area contributed by atoms with Crippen LogP contribution in [0.5, 0.6) is 0 Å². The van der Waals surface area contributed by atoms with Gasteiger partial charge in [-0.1, -0.05) is 36.4 Å². The molecule has 1 rings (SSSR count). The summed E-state index contributed by atoms with van der Waals surface area (Å²) in [6.07, 6.45) is 3.65. The summed E-state index contributed by atoms with van der Waals surface area (Å²) in [5.41, 5.74) is 2.37. The summed E-state index contributed by atoms with van der Waals surface area (Å²) in [5.74, 6) is 0. The van der Waals surface area contributed by atoms with E-state index in [1.165, 1.54) is 6.07 Å². The summed E-state index contributed by atoms with van der Waals surface area (Å²) in [5, 5.41) is 0. The van der Waals surface area contributed by atoms with Crippen LogP contribution >= 0.6 is 10.7 Å². The first-order valence-electron chi connectivity index (χ1n) is 4.70. The highest BCUT2D eigenvalue weighted by Gasteiger charge is 2.14. The van der Waals surface area contributed by atoms with E-state index in [9.17, 15) is 8.42 Å². The molecule has 0 amide bonds. The van der Waals surface area contributed by atoms with Crippen LogP contribution in [0, 0.1) is 6.92 Å². The van der Waals surface area contributed by atoms with Crippen LogP contribution in [0.1, 0.15) is 18.1 Å². The van der Waals surface area contributed by atoms with E-state index in [0.717, 1.165) is 11.1 Å². The molecule has 0 aliphatic heterocycles. The molecular weight excluding hydrogens is 244 g/mol. The first-order chi connectivity index (χ1) is 7.32. The highest BCUT2D eigenvalue weighted by Crippen LogP contribution is 2.23. The van der Waals surface area contributed by atoms with E-state index in [4.69, 9.17) is 10.7 Å². The lowest BCUT2D eigenvalue weighted by Crippen LogP contribution is -1.96. The molecular formula is C12H13ClO2S. The second-order valence-electron chi connectivity index (χ2n) is 3.59. The Morgan fingerprint density at radius 2 is 2.06 bits per heavy atom. The fraction of sp³-hybridized carbons (Fsp3) is 0.167. The predicted molar refractivity (Wildman–Crippen MR) is 68.1 cm³/mol. The summed E-state index contributed by atoms with van der Waals surface area (Å²) in [7, 11) is 1.65. The number of rotatable bonds is 3. The van der Waals surface area contributed by atoms with Gasteiger partial charge < -0.3 is 0 Å². The van der Waals surface area contributed by atoms with Crippen molar-refractivity contribution in [2.24, 2.45) is 0 Å². The van der Waals surface area contributed by atoms with Crippen molar-refractivity contribution in [3.63, 3.8) is 0 Å². The molecule has 2 nitrogen and oxygen atoms in total. The fourth-order valence-electron chi connectivity index (χ4n) is 1.31. The van der Waals surface area contributed by atoms with Crippen molar-refractivity contribution < 1.29 is 8.42 Å². The highest BCUT2D eigenvalue weighted by molar-refractivity contribution is 8.13. The SMILES string of the molecule is C=C(C)/C=C\c1cccc(S(=O)(=O)Cl)c1C. The van der Waals surface area contributed by atoms with E-state index in [1.54, 1.807) is 13.0 Å². The van der Waals surface area contributed by atoms with Crippen LogP contribution < -0.4 is 0 Å². The Morgan fingerprint density at radius 3 is 2.56 bits per heavy atom. The molecule has 0 spiro atoms. The van der Waals surface area contributed by atoms with Crippen molar-refractivity contribution >= 4 is 25.8 Å². The molecule has 16 heavy (non-hydrogen) atoms. The van der Waals surface area contributed by atoms with E-state index < -0.39 is 9.05 Å². The third kappa shape index (κ3) is 3.22. The van der Waals surface area contributed by atoms with Gasteiger partial charge in [-0.05, 0) is 31.0 Å². The first kappa shape index (κ1) is 13.0. The molecule has 0 radical (unpaired) electrons. The Labute approximate surface area is 101 Å². The van der Waals surface area contributed by atoms with Gasteiger partial charge in [0.15, 0.2) is 0 Å². The Hall–Kier alpha value is -1.06. The minimum absolute atomic E-state index is 0.151. The molecule has 0 bridgehead atoms. The summed E-state index contributed by atoms with van der Waals surface area (Å²) >= 11 is 0. The largest absolute Gasteiger partial charge is 0.261 e. The Morgan fingerprint density at radius 1 is 1.44 bits per heavy atom. The highest BCUT2D eigenvalue weighted by atomic mass is 35.7. The van der Waals surface area contributed by atoms with Crippen molar-refractivity contribution in [3.8, 4) is 0 Å². The molecule has 0 unspecified atom stereocenters. The van der Waals surface area contributed by atoms with E-state index >= 15 is 0 Å². The van der Waals surface area contributed by atoms with Gasteiger partial charge in [0.1, 0.15) is 0 Å². The average Bonchev–Trinajstić information content (AvgIpc) is 2.14. The van der Waals surface area contributed by atoms with E-state index in [2.05, 4.69) is 6.58 Å². The summed E-state index contributed by atoms with van der Waals surface area (Å²) in [6.45, 7) is 7.34. The lowest BCUT2D eigenvalue weighted by molar-refractivity contribution is 0.609. The van der Waals surface area contributed by atoms with Gasteiger partial charge in [-0.2, -0.15) is 0 Å². The third-order valence-corrected chi connectivity index (χ3v) is 3.60. The average molecular weight is 257 g/mol. The monoisotopic (exact) mass is 256 g/mol. The molecule has 0 aliphatic rings. The number of hydrogen-bond acceptors (Lipinski definition) is 2. The van der Waals surface area contributed by atoms with Crippen LogP contribution in [-0.4, -0.2) is 8.42 Å². The molecule has 0 saturated heterocycles. The predicted octanol–water partition coefficient (Wildman–Crippen LogP) is 3.51. The standard InChI is InChI=1S/C12H13ClO2S/c1-9(2)7-8-11-5-4-6-12(10(11)3)16(13,14)15/h4-8H,1H2,2-3H3/b8-7-. The van der Waals surface area contributed by atoms with Gasteiger partial charge in [0, 0.05) is 10.7 Å². The van der Waals surface area contributed by atoms with Gasteiger partial charge in [0.2, 0.25) is 0 Å². The summed E-state index contributed by atoms with van der Waals surface area (Å²) < 4.78 is 22.5. The molecule has 1 aromatic rings. The van der Waals surface area contributed by atoms with E-state index in [0.29, 0.717) is 5.56 Å². The molecule has 0 heterocycles. The number of halogens is 1. The maximum absolute atomic E-state index is 11.3. The van der Waals surface area contributed by atoms with Crippen molar-refractivity contribution in [3.05, 3.63) is 47.6 Å². The van der Waals surface area contributed by atoms with Crippen LogP contribution in [0.15, 0.2) is 41.3 Å². The quantitative estimate of drug-likeness (QED) is 0.613. The molecule has 0 aliphatic carbocycles. The van der Waals surface area contributed by atoms with E-state index in [1.807, 2.05) is 25.1 Å². The van der Waals surface area contributed by atoms with Crippen molar-refractivity contribution in [1.29, 1.82) is 0 Å². The lowest BCUT2D eigenvalue weighted by Gasteiger charge is -2.05. The van der Waals surface area contributed by atoms with Gasteiger partial charge in [-0.3, -0.25) is 0 Å². The topological polar surface area (TPSA) is 34.1 Å². The molecule has 0 saturated carbocycles. The zero-order valence-electron chi connectivity index (χ0n) is 9.20. The second kappa shape index (κ2) is 4.85. The lowest BCUT2D eigenvalue weighted by atomic mass is 10.1. The van der Waals surface area contributed by atoms with Gasteiger partial charge in [0.05, 0.1) is 4.90 Å². The molecule has 4 heteroatoms. The molecule has 0 aromatic heterocycles. The normalized spacial score (nSPS) is 11.9. The minimum Gasteiger partial charge on any atom is -0.207 e. The van der Waals surface area contributed by atoms with Crippen LogP contribution in [0.25, 0.3) is 6.08 Å². The Bertz CT molecular complexity index is 542. The summed E-state index contributed by atoms with van der Waals surface area (Å²) in [4.78, 5) is 0.151. The summed E-state index contributed by atoms with van der Waals surface area (Å²) in [6, 6.07) is 5.00. The van der Waals surface area contributed by atoms with Gasteiger partial charge >= 0.3 is 0 Å².